The highest BCUT2D eigenvalue weighted by atomic mass is 15.3. The number of fused-ring (bicyclic) bond motifs is 6. The minimum absolute atomic E-state index is 0.0687. The Kier molecular flexibility index (Phi) is 5.37. The number of pyridine rings is 1. The fourth-order valence-corrected chi connectivity index (χ4v) is 7.72. The summed E-state index contributed by atoms with van der Waals surface area (Å²) in [5.41, 5.74) is 8.91. The number of benzene rings is 3. The maximum Gasteiger partial charge on any atom is 0.0652 e. The molecule has 0 spiro atoms. The van der Waals surface area contributed by atoms with Crippen LogP contribution in [0.25, 0.3) is 33.5 Å². The van der Waals surface area contributed by atoms with E-state index in [-0.39, 0.29) is 22.9 Å². The molecule has 4 aromatic rings. The van der Waals surface area contributed by atoms with Crippen molar-refractivity contribution >= 4 is 22.4 Å². The molecule has 2 heterocycles. The van der Waals surface area contributed by atoms with Crippen molar-refractivity contribution in [2.24, 2.45) is 10.8 Å². The summed E-state index contributed by atoms with van der Waals surface area (Å²) in [4.78, 5) is 7.14. The standard InChI is InChI=1S/C39H34N2/c1-38-20-18-31(33-11-8-22-40-26-33)25-36(38)41(34-12-4-3-5-13-34)37-35-17-16-30(24-32(35)19-21-39(37,38)2)29-15-14-27-9-6-7-10-28(27)23-29/h4,6-26,36-37H,3,5H2,1-2H3. The minimum atomic E-state index is -0.0747. The number of rotatable bonds is 3. The Hall–Kier alpha value is -4.43. The molecular formula is C39H34N2. The van der Waals surface area contributed by atoms with Crippen LogP contribution in [0.5, 0.6) is 0 Å². The van der Waals surface area contributed by atoms with Crippen molar-refractivity contribution in [2.45, 2.75) is 38.8 Å². The lowest BCUT2D eigenvalue weighted by Crippen LogP contribution is -2.40. The van der Waals surface area contributed by atoms with Gasteiger partial charge in [0.15, 0.2) is 0 Å². The molecule has 1 fully saturated rings. The molecule has 1 aromatic heterocycles. The smallest absolute Gasteiger partial charge is 0.0652 e. The highest BCUT2D eigenvalue weighted by Gasteiger charge is 2.63. The largest absolute Gasteiger partial charge is 0.356 e. The predicted octanol–water partition coefficient (Wildman–Crippen LogP) is 9.55. The quantitative estimate of drug-likeness (QED) is 0.262. The molecule has 0 amide bonds. The third-order valence-electron chi connectivity index (χ3n) is 10.2. The number of allylic oxidation sites excluding steroid dienone is 5. The van der Waals surface area contributed by atoms with Crippen molar-refractivity contribution in [3.63, 3.8) is 0 Å². The van der Waals surface area contributed by atoms with Crippen molar-refractivity contribution in [3.8, 4) is 11.1 Å². The molecule has 2 heteroatoms. The highest BCUT2D eigenvalue weighted by molar-refractivity contribution is 5.88. The third-order valence-corrected chi connectivity index (χ3v) is 10.2. The van der Waals surface area contributed by atoms with Crippen LogP contribution in [0.2, 0.25) is 0 Å². The van der Waals surface area contributed by atoms with Gasteiger partial charge in [-0.05, 0) is 81.3 Å². The van der Waals surface area contributed by atoms with Crippen molar-refractivity contribution in [3.05, 3.63) is 150 Å². The van der Waals surface area contributed by atoms with Crippen LogP contribution in [0, 0.1) is 10.8 Å². The number of hydrogen-bond donors (Lipinski definition) is 0. The first kappa shape index (κ1) is 24.4. The molecule has 1 aliphatic heterocycles. The lowest BCUT2D eigenvalue weighted by Gasteiger charge is -2.44. The molecule has 0 bridgehead atoms. The fraction of sp³-hybridized carbons (Fsp3) is 0.205. The van der Waals surface area contributed by atoms with E-state index in [0.29, 0.717) is 0 Å². The average molecular weight is 531 g/mol. The van der Waals surface area contributed by atoms with E-state index in [9.17, 15) is 0 Å². The molecule has 200 valence electrons. The Morgan fingerprint density at radius 3 is 2.41 bits per heavy atom. The van der Waals surface area contributed by atoms with E-state index in [1.165, 1.54) is 49.9 Å². The second-order valence-corrected chi connectivity index (χ2v) is 12.4. The topological polar surface area (TPSA) is 16.1 Å². The molecule has 1 saturated heterocycles. The van der Waals surface area contributed by atoms with Gasteiger partial charge in [-0.25, -0.2) is 0 Å². The van der Waals surface area contributed by atoms with Crippen LogP contribution in [0.1, 0.15) is 49.4 Å². The van der Waals surface area contributed by atoms with Gasteiger partial charge in [-0.3, -0.25) is 4.98 Å². The molecule has 3 aromatic carbocycles. The molecule has 0 radical (unpaired) electrons. The van der Waals surface area contributed by atoms with Crippen molar-refractivity contribution < 1.29 is 0 Å². The molecule has 0 N–H and O–H groups in total. The first-order valence-corrected chi connectivity index (χ1v) is 14.8. The van der Waals surface area contributed by atoms with Gasteiger partial charge < -0.3 is 4.90 Å². The molecule has 8 rings (SSSR count). The van der Waals surface area contributed by atoms with Gasteiger partial charge in [0, 0.05) is 28.9 Å². The maximum atomic E-state index is 4.42. The van der Waals surface area contributed by atoms with E-state index >= 15 is 0 Å². The SMILES string of the molecule is CC12C=CC(c3cccnc3)=CC1N(C1=CCCC=C1)C1c3ccc(-c4ccc5ccccc5c4)cc3C=CC12C. The lowest BCUT2D eigenvalue weighted by molar-refractivity contribution is 0.198. The van der Waals surface area contributed by atoms with Crippen LogP contribution in [0.4, 0.5) is 0 Å². The van der Waals surface area contributed by atoms with Gasteiger partial charge in [0.05, 0.1) is 12.1 Å². The van der Waals surface area contributed by atoms with Crippen molar-refractivity contribution in [2.75, 3.05) is 0 Å². The van der Waals surface area contributed by atoms with E-state index in [4.69, 9.17) is 0 Å². The monoisotopic (exact) mass is 530 g/mol. The normalized spacial score (nSPS) is 27.7. The molecule has 0 saturated carbocycles. The first-order chi connectivity index (χ1) is 20.0. The Morgan fingerprint density at radius 1 is 0.756 bits per heavy atom. The fourth-order valence-electron chi connectivity index (χ4n) is 7.72. The zero-order valence-corrected chi connectivity index (χ0v) is 23.7. The van der Waals surface area contributed by atoms with Gasteiger partial charge >= 0.3 is 0 Å². The van der Waals surface area contributed by atoms with Crippen molar-refractivity contribution in [1.82, 2.24) is 9.88 Å². The van der Waals surface area contributed by atoms with E-state index in [2.05, 4.69) is 139 Å². The Morgan fingerprint density at radius 2 is 1.59 bits per heavy atom. The molecular weight excluding hydrogens is 496 g/mol. The Labute approximate surface area is 242 Å². The van der Waals surface area contributed by atoms with Crippen LogP contribution >= 0.6 is 0 Å². The summed E-state index contributed by atoms with van der Waals surface area (Å²) in [6.07, 6.45) is 25.4. The first-order valence-electron chi connectivity index (χ1n) is 14.8. The second kappa shape index (κ2) is 9.04. The van der Waals surface area contributed by atoms with Crippen LogP contribution in [0.15, 0.2) is 133 Å². The van der Waals surface area contributed by atoms with E-state index in [0.717, 1.165) is 12.8 Å². The third kappa shape index (κ3) is 3.60. The van der Waals surface area contributed by atoms with Gasteiger partial charge in [-0.15, -0.1) is 0 Å². The van der Waals surface area contributed by atoms with Gasteiger partial charge in [-0.1, -0.05) is 111 Å². The van der Waals surface area contributed by atoms with Crippen molar-refractivity contribution in [1.29, 1.82) is 0 Å². The molecule has 4 unspecified atom stereocenters. The van der Waals surface area contributed by atoms with Crippen LogP contribution < -0.4 is 0 Å². The molecule has 4 atom stereocenters. The van der Waals surface area contributed by atoms with Gasteiger partial charge in [0.1, 0.15) is 0 Å². The zero-order chi connectivity index (χ0) is 27.6. The summed E-state index contributed by atoms with van der Waals surface area (Å²) in [5, 5.41) is 2.56. The number of aromatic nitrogens is 1. The van der Waals surface area contributed by atoms with Crippen LogP contribution in [0.3, 0.4) is 0 Å². The summed E-state index contributed by atoms with van der Waals surface area (Å²) in [5.74, 6) is 0. The zero-order valence-electron chi connectivity index (χ0n) is 23.7. The molecule has 4 aliphatic rings. The average Bonchev–Trinajstić information content (AvgIpc) is 3.24. The summed E-state index contributed by atoms with van der Waals surface area (Å²) in [7, 11) is 0. The summed E-state index contributed by atoms with van der Waals surface area (Å²) >= 11 is 0. The van der Waals surface area contributed by atoms with Gasteiger partial charge in [-0.2, -0.15) is 0 Å². The highest BCUT2D eigenvalue weighted by Crippen LogP contribution is 2.66. The number of likely N-dealkylation sites (tertiary alicyclic amines) is 1. The number of nitrogens with zero attached hydrogens (tertiary/aromatic N) is 2. The van der Waals surface area contributed by atoms with Gasteiger partial charge in [0.2, 0.25) is 0 Å². The summed E-state index contributed by atoms with van der Waals surface area (Å²) in [6.45, 7) is 4.94. The van der Waals surface area contributed by atoms with Crippen LogP contribution in [-0.2, 0) is 0 Å². The second-order valence-electron chi connectivity index (χ2n) is 12.4. The van der Waals surface area contributed by atoms with E-state index in [1.807, 2.05) is 18.5 Å². The summed E-state index contributed by atoms with van der Waals surface area (Å²) in [6, 6.07) is 27.2. The molecule has 41 heavy (non-hydrogen) atoms. The van der Waals surface area contributed by atoms with E-state index < -0.39 is 0 Å². The minimum Gasteiger partial charge on any atom is -0.356 e. The van der Waals surface area contributed by atoms with E-state index in [1.54, 1.807) is 0 Å². The number of hydrogen-bond acceptors (Lipinski definition) is 2. The summed E-state index contributed by atoms with van der Waals surface area (Å²) < 4.78 is 0. The lowest BCUT2D eigenvalue weighted by atomic mass is 9.58. The molecule has 3 aliphatic carbocycles. The van der Waals surface area contributed by atoms with Crippen LogP contribution in [-0.4, -0.2) is 15.9 Å². The Bertz CT molecular complexity index is 1840. The molecule has 2 nitrogen and oxygen atoms in total. The maximum absolute atomic E-state index is 4.42. The Balaban J connectivity index is 1.27. The predicted molar refractivity (Wildman–Crippen MR) is 171 cm³/mol. The van der Waals surface area contributed by atoms with Gasteiger partial charge in [0.25, 0.3) is 0 Å².